The maximum atomic E-state index is 9.54. The van der Waals surface area contributed by atoms with Gasteiger partial charge in [0.05, 0.1) is 11.5 Å². The van der Waals surface area contributed by atoms with Crippen LogP contribution in [0.3, 0.4) is 0 Å². The highest BCUT2D eigenvalue weighted by Crippen LogP contribution is 2.29. The highest BCUT2D eigenvalue weighted by Gasteiger charge is 2.25. The summed E-state index contributed by atoms with van der Waals surface area (Å²) in [6, 6.07) is 0.529. The SMILES string of the molecule is CC(C)[C@H](CN1CCC(C2=CCC(Cl)C=C2)CC1)NCCC1=CCC(O)C=C1.O.O. The van der Waals surface area contributed by atoms with Crippen molar-refractivity contribution in [2.75, 3.05) is 26.2 Å². The second kappa shape index (κ2) is 13.5. The highest BCUT2D eigenvalue weighted by atomic mass is 35.5. The minimum atomic E-state index is -0.292. The number of piperidine rings is 1. The van der Waals surface area contributed by atoms with Gasteiger partial charge in [-0.25, -0.2) is 0 Å². The van der Waals surface area contributed by atoms with E-state index >= 15 is 0 Å². The molecule has 0 saturated carbocycles. The number of allylic oxidation sites excluding steroid dienone is 5. The number of hydrogen-bond donors (Lipinski definition) is 2. The third-order valence-electron chi connectivity index (χ3n) is 6.37. The van der Waals surface area contributed by atoms with Crippen LogP contribution >= 0.6 is 11.6 Å². The summed E-state index contributed by atoms with van der Waals surface area (Å²) in [5.41, 5.74) is 2.85. The van der Waals surface area contributed by atoms with Crippen LogP contribution < -0.4 is 5.32 Å². The van der Waals surface area contributed by atoms with Crippen molar-refractivity contribution in [3.8, 4) is 0 Å². The lowest BCUT2D eigenvalue weighted by Crippen LogP contribution is -2.47. The topological polar surface area (TPSA) is 98.5 Å². The number of alkyl halides is 1. The molecule has 1 fully saturated rings. The zero-order valence-electron chi connectivity index (χ0n) is 18.5. The fraction of sp³-hybridized carbons (Fsp3) is 0.667. The summed E-state index contributed by atoms with van der Waals surface area (Å²) in [6.07, 6.45) is 17.9. The smallest absolute Gasteiger partial charge is 0.0758 e. The monoisotopic (exact) mass is 440 g/mol. The Morgan fingerprint density at radius 1 is 1.10 bits per heavy atom. The minimum absolute atomic E-state index is 0. The third kappa shape index (κ3) is 8.29. The van der Waals surface area contributed by atoms with Gasteiger partial charge in [0, 0.05) is 12.6 Å². The summed E-state index contributed by atoms with van der Waals surface area (Å²) in [4.78, 5) is 2.64. The molecule has 6 N–H and O–H groups in total. The maximum absolute atomic E-state index is 9.54. The van der Waals surface area contributed by atoms with Crippen molar-refractivity contribution in [1.29, 1.82) is 0 Å². The molecule has 30 heavy (non-hydrogen) atoms. The van der Waals surface area contributed by atoms with Crippen molar-refractivity contribution in [3.63, 3.8) is 0 Å². The molecule has 1 saturated heterocycles. The van der Waals surface area contributed by atoms with Gasteiger partial charge < -0.3 is 26.3 Å². The molecule has 6 heteroatoms. The molecule has 5 nitrogen and oxygen atoms in total. The van der Waals surface area contributed by atoms with Gasteiger partial charge in [0.25, 0.3) is 0 Å². The molecule has 1 aliphatic heterocycles. The molecule has 0 radical (unpaired) electrons. The van der Waals surface area contributed by atoms with E-state index in [1.54, 1.807) is 0 Å². The van der Waals surface area contributed by atoms with Crippen LogP contribution in [0.25, 0.3) is 0 Å². The van der Waals surface area contributed by atoms with Crippen molar-refractivity contribution >= 4 is 11.6 Å². The van der Waals surface area contributed by atoms with E-state index < -0.39 is 0 Å². The Bertz CT molecular complexity index is 622. The Morgan fingerprint density at radius 2 is 1.83 bits per heavy atom. The summed E-state index contributed by atoms with van der Waals surface area (Å²) < 4.78 is 0. The van der Waals surface area contributed by atoms with Crippen LogP contribution in [-0.4, -0.2) is 64.7 Å². The van der Waals surface area contributed by atoms with Crippen LogP contribution in [0.15, 0.2) is 47.6 Å². The molecule has 3 aliphatic rings. The van der Waals surface area contributed by atoms with Gasteiger partial charge >= 0.3 is 0 Å². The van der Waals surface area contributed by atoms with Gasteiger partial charge in [-0.2, -0.15) is 0 Å². The van der Waals surface area contributed by atoms with Crippen LogP contribution in [0, 0.1) is 11.8 Å². The lowest BCUT2D eigenvalue weighted by molar-refractivity contribution is 0.167. The molecule has 172 valence electrons. The molecule has 0 spiro atoms. The van der Waals surface area contributed by atoms with Crippen molar-refractivity contribution in [2.24, 2.45) is 11.8 Å². The second-order valence-electron chi connectivity index (χ2n) is 8.89. The summed E-state index contributed by atoms with van der Waals surface area (Å²) in [7, 11) is 0. The number of aliphatic hydroxyl groups is 1. The zero-order chi connectivity index (χ0) is 19.9. The first-order valence-electron chi connectivity index (χ1n) is 11.0. The van der Waals surface area contributed by atoms with E-state index in [-0.39, 0.29) is 22.4 Å². The number of rotatable bonds is 8. The lowest BCUT2D eigenvalue weighted by Gasteiger charge is -2.36. The van der Waals surface area contributed by atoms with Crippen molar-refractivity contribution < 1.29 is 16.1 Å². The lowest BCUT2D eigenvalue weighted by atomic mass is 9.86. The first-order chi connectivity index (χ1) is 13.5. The number of hydrogen-bond acceptors (Lipinski definition) is 3. The van der Waals surface area contributed by atoms with Crippen molar-refractivity contribution in [2.45, 2.75) is 63.5 Å². The van der Waals surface area contributed by atoms with E-state index in [1.807, 2.05) is 6.08 Å². The summed E-state index contributed by atoms with van der Waals surface area (Å²) in [5, 5.41) is 13.5. The first kappa shape index (κ1) is 27.1. The molecule has 0 aromatic rings. The summed E-state index contributed by atoms with van der Waals surface area (Å²) >= 11 is 6.16. The Kier molecular flexibility index (Phi) is 12.2. The number of halogens is 1. The van der Waals surface area contributed by atoms with Gasteiger partial charge in [0.2, 0.25) is 0 Å². The molecule has 1 heterocycles. The standard InChI is InChI=1S/C24H37ClN2O.2H2O/c1-18(2)24(26-14-11-19-3-9-23(28)10-4-19)17-27-15-12-21(13-16-27)20-5-7-22(25)8-6-20;;/h3-7,9,18,21-24,26,28H,8,10-17H2,1-2H3;2*1H2/t22?,23?,24-;;/m0../s1. The Balaban J connectivity index is 0.00000225. The molecule has 0 bridgehead atoms. The van der Waals surface area contributed by atoms with Crippen LogP contribution in [0.4, 0.5) is 0 Å². The van der Waals surface area contributed by atoms with E-state index in [0.717, 1.165) is 32.4 Å². The third-order valence-corrected chi connectivity index (χ3v) is 6.69. The van der Waals surface area contributed by atoms with Crippen LogP contribution in [0.2, 0.25) is 0 Å². The van der Waals surface area contributed by atoms with Gasteiger partial charge in [-0.1, -0.05) is 55.9 Å². The Labute approximate surface area is 187 Å². The van der Waals surface area contributed by atoms with E-state index in [4.69, 9.17) is 11.6 Å². The number of likely N-dealkylation sites (tertiary alicyclic amines) is 1. The average Bonchev–Trinajstić information content (AvgIpc) is 2.70. The van der Waals surface area contributed by atoms with Gasteiger partial charge in [0.1, 0.15) is 0 Å². The average molecular weight is 441 g/mol. The van der Waals surface area contributed by atoms with Crippen molar-refractivity contribution in [3.05, 3.63) is 47.6 Å². The van der Waals surface area contributed by atoms with E-state index in [2.05, 4.69) is 54.4 Å². The van der Waals surface area contributed by atoms with Gasteiger partial charge in [-0.3, -0.25) is 0 Å². The molecule has 0 aromatic carbocycles. The quantitative estimate of drug-likeness (QED) is 0.567. The fourth-order valence-corrected chi connectivity index (χ4v) is 4.55. The van der Waals surface area contributed by atoms with E-state index in [9.17, 15) is 5.11 Å². The molecule has 3 atom stereocenters. The van der Waals surface area contributed by atoms with E-state index in [0.29, 0.717) is 17.9 Å². The molecular formula is C24H41ClN2O3. The largest absolute Gasteiger partial charge is 0.412 e. The number of nitrogens with zero attached hydrogens (tertiary/aromatic N) is 1. The Hall–Kier alpha value is -0.950. The van der Waals surface area contributed by atoms with Gasteiger partial charge in [-0.15, -0.1) is 11.6 Å². The number of aliphatic hydroxyl groups excluding tert-OH is 1. The van der Waals surface area contributed by atoms with Gasteiger partial charge in [-0.05, 0) is 69.1 Å². The summed E-state index contributed by atoms with van der Waals surface area (Å²) in [5.74, 6) is 1.34. The fourth-order valence-electron chi connectivity index (χ4n) is 4.39. The Morgan fingerprint density at radius 3 is 2.40 bits per heavy atom. The predicted octanol–water partition coefficient (Wildman–Crippen LogP) is 2.79. The molecular weight excluding hydrogens is 400 g/mol. The summed E-state index contributed by atoms with van der Waals surface area (Å²) in [6.45, 7) is 9.16. The van der Waals surface area contributed by atoms with E-state index in [1.165, 1.54) is 37.1 Å². The van der Waals surface area contributed by atoms with Crippen LogP contribution in [0.1, 0.15) is 46.0 Å². The first-order valence-corrected chi connectivity index (χ1v) is 11.5. The molecule has 0 aromatic heterocycles. The van der Waals surface area contributed by atoms with Gasteiger partial charge in [0.15, 0.2) is 0 Å². The predicted molar refractivity (Wildman–Crippen MR) is 127 cm³/mol. The second-order valence-corrected chi connectivity index (χ2v) is 9.45. The normalized spacial score (nSPS) is 25.9. The highest BCUT2D eigenvalue weighted by molar-refractivity contribution is 6.22. The molecule has 2 unspecified atom stereocenters. The van der Waals surface area contributed by atoms with Crippen LogP contribution in [0.5, 0.6) is 0 Å². The minimum Gasteiger partial charge on any atom is -0.412 e. The number of nitrogens with one attached hydrogen (secondary N) is 1. The zero-order valence-corrected chi connectivity index (χ0v) is 19.2. The molecule has 0 amide bonds. The van der Waals surface area contributed by atoms with Crippen molar-refractivity contribution in [1.82, 2.24) is 10.2 Å². The molecule has 2 aliphatic carbocycles. The molecule has 3 rings (SSSR count). The van der Waals surface area contributed by atoms with Crippen LogP contribution in [-0.2, 0) is 0 Å². The maximum Gasteiger partial charge on any atom is 0.0758 e.